The molecule has 0 aliphatic carbocycles. The lowest BCUT2D eigenvalue weighted by molar-refractivity contribution is 0.0693. The number of ether oxygens (including phenoxy) is 2. The number of carboxylic acid groups (broad SMARTS) is 1. The van der Waals surface area contributed by atoms with Crippen LogP contribution in [0.5, 0.6) is 5.75 Å². The molecule has 164 valence electrons. The fourth-order valence-corrected chi connectivity index (χ4v) is 4.13. The van der Waals surface area contributed by atoms with Gasteiger partial charge in [0.25, 0.3) is 0 Å². The van der Waals surface area contributed by atoms with Crippen molar-refractivity contribution < 1.29 is 19.4 Å². The van der Waals surface area contributed by atoms with Gasteiger partial charge in [-0.2, -0.15) is 5.10 Å². The van der Waals surface area contributed by atoms with Gasteiger partial charge < -0.3 is 19.1 Å². The van der Waals surface area contributed by atoms with E-state index < -0.39 is 11.4 Å². The van der Waals surface area contributed by atoms with Gasteiger partial charge in [0.05, 0.1) is 30.6 Å². The van der Waals surface area contributed by atoms with Gasteiger partial charge in [-0.15, -0.1) is 0 Å². The predicted molar refractivity (Wildman–Crippen MR) is 117 cm³/mol. The molecular weight excluding hydrogens is 398 g/mol. The van der Waals surface area contributed by atoms with Crippen LogP contribution in [0.2, 0.25) is 0 Å². The normalized spacial score (nSPS) is 15.5. The number of aromatic carboxylic acids is 1. The molecule has 0 spiro atoms. The predicted octanol–water partition coefficient (Wildman–Crippen LogP) is 3.58. The zero-order chi connectivity index (χ0) is 22.3. The molecule has 4 rings (SSSR count). The quantitative estimate of drug-likeness (QED) is 0.607. The van der Waals surface area contributed by atoms with Gasteiger partial charge in [0.2, 0.25) is 0 Å². The zero-order valence-electron chi connectivity index (χ0n) is 18.2. The number of nitrogens with zero attached hydrogens (tertiary/aromatic N) is 3. The second-order valence-corrected chi connectivity index (χ2v) is 8.91. The molecule has 0 amide bonds. The van der Waals surface area contributed by atoms with E-state index in [0.29, 0.717) is 31.2 Å². The van der Waals surface area contributed by atoms with Crippen molar-refractivity contribution in [3.8, 4) is 17.1 Å². The largest absolute Gasteiger partial charge is 0.491 e. The minimum Gasteiger partial charge on any atom is -0.491 e. The Hall–Kier alpha value is -3.13. The number of aromatic nitrogens is 3. The molecule has 1 aliphatic heterocycles. The average molecular weight is 425 g/mol. The van der Waals surface area contributed by atoms with Crippen LogP contribution in [0.1, 0.15) is 43.6 Å². The van der Waals surface area contributed by atoms with Crippen LogP contribution >= 0.6 is 0 Å². The first-order valence-corrected chi connectivity index (χ1v) is 10.3. The SMILES string of the molecule is COCCCOc1cccc2c3n(nc12)C[C@H](C(C)(C)C)n1cc(C(=O)O)c(=O)cc1-3. The number of hydrogen-bond acceptors (Lipinski definition) is 5. The van der Waals surface area contributed by atoms with E-state index in [0.717, 1.165) is 23.0 Å². The lowest BCUT2D eigenvalue weighted by Crippen LogP contribution is -2.35. The van der Waals surface area contributed by atoms with Crippen molar-refractivity contribution in [1.29, 1.82) is 0 Å². The number of pyridine rings is 1. The third-order valence-corrected chi connectivity index (χ3v) is 5.72. The molecule has 0 fully saturated rings. The van der Waals surface area contributed by atoms with E-state index >= 15 is 0 Å². The molecule has 0 saturated heterocycles. The topological polar surface area (TPSA) is 95.6 Å². The summed E-state index contributed by atoms with van der Waals surface area (Å²) in [6.07, 6.45) is 2.24. The van der Waals surface area contributed by atoms with Crippen LogP contribution in [-0.4, -0.2) is 45.7 Å². The van der Waals surface area contributed by atoms with E-state index in [1.165, 1.54) is 12.3 Å². The number of carboxylic acids is 1. The number of fused-ring (bicyclic) bond motifs is 5. The highest BCUT2D eigenvalue weighted by atomic mass is 16.5. The average Bonchev–Trinajstić information content (AvgIpc) is 3.09. The Morgan fingerprint density at radius 2 is 2.06 bits per heavy atom. The summed E-state index contributed by atoms with van der Waals surface area (Å²) in [5.41, 5.74) is 1.27. The summed E-state index contributed by atoms with van der Waals surface area (Å²) in [6.45, 7) is 7.98. The van der Waals surface area contributed by atoms with Crippen LogP contribution in [0.15, 0.2) is 35.3 Å². The molecule has 0 bridgehead atoms. The molecule has 3 aromatic rings. The van der Waals surface area contributed by atoms with Crippen LogP contribution in [0, 0.1) is 5.41 Å². The van der Waals surface area contributed by atoms with E-state index in [1.54, 1.807) is 7.11 Å². The Morgan fingerprint density at radius 1 is 1.29 bits per heavy atom. The number of benzene rings is 1. The first kappa shape index (κ1) is 21.1. The minimum atomic E-state index is -1.22. The van der Waals surface area contributed by atoms with Gasteiger partial charge in [0.1, 0.15) is 16.8 Å². The summed E-state index contributed by atoms with van der Waals surface area (Å²) in [5.74, 6) is -0.539. The smallest absolute Gasteiger partial charge is 0.341 e. The summed E-state index contributed by atoms with van der Waals surface area (Å²) in [5, 5.41) is 15.2. The maximum absolute atomic E-state index is 12.6. The van der Waals surface area contributed by atoms with Gasteiger partial charge in [0.15, 0.2) is 5.43 Å². The van der Waals surface area contributed by atoms with Gasteiger partial charge >= 0.3 is 5.97 Å². The maximum atomic E-state index is 12.6. The zero-order valence-corrected chi connectivity index (χ0v) is 18.2. The van der Waals surface area contributed by atoms with Gasteiger partial charge in [0, 0.05) is 37.8 Å². The van der Waals surface area contributed by atoms with Crippen molar-refractivity contribution in [2.24, 2.45) is 5.41 Å². The van der Waals surface area contributed by atoms with Gasteiger partial charge in [-0.25, -0.2) is 4.79 Å². The molecule has 3 heterocycles. The third-order valence-electron chi connectivity index (χ3n) is 5.72. The first-order valence-electron chi connectivity index (χ1n) is 10.3. The van der Waals surface area contributed by atoms with E-state index in [1.807, 2.05) is 27.4 Å². The fraction of sp³-hybridized carbons (Fsp3) is 0.435. The van der Waals surface area contributed by atoms with Gasteiger partial charge in [-0.3, -0.25) is 9.48 Å². The second kappa shape index (κ2) is 7.85. The second-order valence-electron chi connectivity index (χ2n) is 8.91. The summed E-state index contributed by atoms with van der Waals surface area (Å²) in [7, 11) is 1.66. The van der Waals surface area contributed by atoms with Crippen molar-refractivity contribution in [3.05, 3.63) is 46.2 Å². The molecule has 31 heavy (non-hydrogen) atoms. The van der Waals surface area contributed by atoms with Crippen molar-refractivity contribution >= 4 is 16.9 Å². The highest BCUT2D eigenvalue weighted by Crippen LogP contribution is 2.43. The molecule has 0 radical (unpaired) electrons. The minimum absolute atomic E-state index is 0.0749. The molecule has 8 heteroatoms. The van der Waals surface area contributed by atoms with E-state index in [-0.39, 0.29) is 17.0 Å². The van der Waals surface area contributed by atoms with E-state index in [9.17, 15) is 14.7 Å². The molecule has 1 N–H and O–H groups in total. The molecule has 0 saturated carbocycles. The number of carbonyl (C=O) groups is 1. The number of rotatable bonds is 6. The molecule has 8 nitrogen and oxygen atoms in total. The molecular formula is C23H27N3O5. The third kappa shape index (κ3) is 3.72. The highest BCUT2D eigenvalue weighted by molar-refractivity contribution is 5.96. The Morgan fingerprint density at radius 3 is 2.74 bits per heavy atom. The van der Waals surface area contributed by atoms with Gasteiger partial charge in [-0.05, 0) is 11.5 Å². The van der Waals surface area contributed by atoms with E-state index in [4.69, 9.17) is 14.6 Å². The molecule has 1 aliphatic rings. The number of methoxy groups -OCH3 is 1. The lowest BCUT2D eigenvalue weighted by Gasteiger charge is -2.38. The molecule has 0 unspecified atom stereocenters. The van der Waals surface area contributed by atoms with Crippen molar-refractivity contribution in [3.63, 3.8) is 0 Å². The Balaban J connectivity index is 1.90. The number of hydrogen-bond donors (Lipinski definition) is 1. The van der Waals surface area contributed by atoms with Crippen molar-refractivity contribution in [2.75, 3.05) is 20.3 Å². The van der Waals surface area contributed by atoms with Crippen LogP contribution in [0.4, 0.5) is 0 Å². The lowest BCUT2D eigenvalue weighted by atomic mass is 9.85. The van der Waals surface area contributed by atoms with Crippen LogP contribution in [0.25, 0.3) is 22.3 Å². The first-order chi connectivity index (χ1) is 14.7. The summed E-state index contributed by atoms with van der Waals surface area (Å²) >= 11 is 0. The standard InChI is InChI=1S/C23H27N3O5/c1-23(2,3)19-13-26-21(16-11-17(27)15(22(28)29)12-25(16)19)14-7-5-8-18(20(14)24-26)31-10-6-9-30-4/h5,7-8,11-12,19H,6,9-10,13H2,1-4H3,(H,28,29)/t19-/m1/s1. The van der Waals surface area contributed by atoms with Crippen LogP contribution in [-0.2, 0) is 11.3 Å². The molecule has 2 aromatic heterocycles. The van der Waals surface area contributed by atoms with Gasteiger partial charge in [-0.1, -0.05) is 32.9 Å². The Kier molecular flexibility index (Phi) is 5.35. The summed E-state index contributed by atoms with van der Waals surface area (Å²) < 4.78 is 14.9. The summed E-state index contributed by atoms with van der Waals surface area (Å²) in [4.78, 5) is 24.2. The monoisotopic (exact) mass is 425 g/mol. The van der Waals surface area contributed by atoms with Crippen molar-refractivity contribution in [2.45, 2.75) is 39.8 Å². The molecule has 1 aromatic carbocycles. The van der Waals surface area contributed by atoms with Crippen molar-refractivity contribution in [1.82, 2.24) is 14.3 Å². The maximum Gasteiger partial charge on any atom is 0.341 e. The fourth-order valence-electron chi connectivity index (χ4n) is 4.13. The van der Waals surface area contributed by atoms with Crippen LogP contribution < -0.4 is 10.2 Å². The molecule has 1 atom stereocenters. The van der Waals surface area contributed by atoms with E-state index in [2.05, 4.69) is 20.8 Å². The Labute approximate surface area is 180 Å². The summed E-state index contributed by atoms with van der Waals surface area (Å²) in [6, 6.07) is 7.08. The Bertz CT molecular complexity index is 1200. The van der Waals surface area contributed by atoms with Crippen LogP contribution in [0.3, 0.4) is 0 Å². The highest BCUT2D eigenvalue weighted by Gasteiger charge is 2.35.